The number of aliphatic imine (C=N–C) groups is 1. The van der Waals surface area contributed by atoms with Crippen molar-refractivity contribution in [3.63, 3.8) is 0 Å². The van der Waals surface area contributed by atoms with Crippen LogP contribution in [-0.4, -0.2) is 23.4 Å². The number of hydrogen-bond donors (Lipinski definition) is 0. The monoisotopic (exact) mass is 279 g/mol. The number of aryl methyl sites for hydroxylation is 1. The molecule has 0 saturated carbocycles. The molecule has 1 heterocycles. The smallest absolute Gasteiger partial charge is 0.217 e. The Morgan fingerprint density at radius 2 is 2.12 bits per heavy atom. The predicted octanol–water partition coefficient (Wildman–Crippen LogP) is 3.09. The maximum absolute atomic E-state index is 5.77. The zero-order valence-corrected chi connectivity index (χ0v) is 10.8. The maximum Gasteiger partial charge on any atom is 0.217 e. The van der Waals surface area contributed by atoms with Crippen LogP contribution in [0.1, 0.15) is 11.1 Å². The SMILES string of the molecule is C=C[C@@H]1N=C(c2ccc(C)cc2)O[C@@H]1CBr. The van der Waals surface area contributed by atoms with Crippen molar-refractivity contribution in [2.75, 3.05) is 5.33 Å². The Bertz CT molecular complexity index is 410. The molecule has 0 radical (unpaired) electrons. The fourth-order valence-corrected chi connectivity index (χ4v) is 2.14. The number of nitrogens with zero attached hydrogens (tertiary/aromatic N) is 1. The first-order valence-electron chi connectivity index (χ1n) is 5.24. The highest BCUT2D eigenvalue weighted by molar-refractivity contribution is 9.09. The lowest BCUT2D eigenvalue weighted by Crippen LogP contribution is -2.22. The first-order chi connectivity index (χ1) is 7.74. The van der Waals surface area contributed by atoms with Crippen LogP contribution in [-0.2, 0) is 4.74 Å². The molecule has 0 aliphatic carbocycles. The second-order valence-corrected chi connectivity index (χ2v) is 4.48. The lowest BCUT2D eigenvalue weighted by molar-refractivity contribution is 0.233. The van der Waals surface area contributed by atoms with Gasteiger partial charge in [-0.25, -0.2) is 4.99 Å². The highest BCUT2D eigenvalue weighted by atomic mass is 79.9. The first kappa shape index (κ1) is 11.4. The van der Waals surface area contributed by atoms with Gasteiger partial charge >= 0.3 is 0 Å². The van der Waals surface area contributed by atoms with Crippen LogP contribution in [0.15, 0.2) is 41.9 Å². The Balaban J connectivity index is 2.23. The fourth-order valence-electron chi connectivity index (χ4n) is 1.63. The molecular formula is C13H14BrNO. The molecule has 0 saturated heterocycles. The minimum absolute atomic E-state index is 0.0516. The summed E-state index contributed by atoms with van der Waals surface area (Å²) in [4.78, 5) is 4.51. The summed E-state index contributed by atoms with van der Waals surface area (Å²) in [5.74, 6) is 0.717. The molecule has 0 bridgehead atoms. The van der Waals surface area contributed by atoms with Crippen molar-refractivity contribution < 1.29 is 4.74 Å². The second-order valence-electron chi connectivity index (χ2n) is 3.84. The highest BCUT2D eigenvalue weighted by Gasteiger charge is 2.28. The average molecular weight is 280 g/mol. The summed E-state index contributed by atoms with van der Waals surface area (Å²) in [6.45, 7) is 5.84. The van der Waals surface area contributed by atoms with Crippen molar-refractivity contribution in [3.05, 3.63) is 48.0 Å². The summed E-state index contributed by atoms with van der Waals surface area (Å²) in [7, 11) is 0. The van der Waals surface area contributed by atoms with E-state index >= 15 is 0 Å². The van der Waals surface area contributed by atoms with Crippen LogP contribution in [0.5, 0.6) is 0 Å². The van der Waals surface area contributed by atoms with Gasteiger partial charge in [0.05, 0.1) is 0 Å². The molecule has 0 N–H and O–H groups in total. The van der Waals surface area contributed by atoms with E-state index in [1.807, 2.05) is 18.2 Å². The molecule has 1 aromatic rings. The van der Waals surface area contributed by atoms with Crippen molar-refractivity contribution in [3.8, 4) is 0 Å². The van der Waals surface area contributed by atoms with Gasteiger partial charge in [0, 0.05) is 10.9 Å². The highest BCUT2D eigenvalue weighted by Crippen LogP contribution is 2.20. The van der Waals surface area contributed by atoms with Crippen LogP contribution in [0.4, 0.5) is 0 Å². The average Bonchev–Trinajstić information content (AvgIpc) is 2.73. The summed E-state index contributed by atoms with van der Waals surface area (Å²) < 4.78 is 5.77. The zero-order chi connectivity index (χ0) is 11.5. The molecular weight excluding hydrogens is 266 g/mol. The standard InChI is InChI=1S/C13H14BrNO/c1-3-11-12(8-14)16-13(15-11)10-6-4-9(2)5-7-10/h3-7,11-12H,1,8H2,2H3/t11-,12+/m0/s1. The first-order valence-corrected chi connectivity index (χ1v) is 6.36. The third-order valence-corrected chi connectivity index (χ3v) is 3.24. The second kappa shape index (κ2) is 4.83. The van der Waals surface area contributed by atoms with E-state index in [0.29, 0.717) is 5.90 Å². The number of hydrogen-bond acceptors (Lipinski definition) is 2. The molecule has 1 aromatic carbocycles. The summed E-state index contributed by atoms with van der Waals surface area (Å²) in [6, 6.07) is 8.24. The van der Waals surface area contributed by atoms with E-state index in [-0.39, 0.29) is 12.1 Å². The summed E-state index contributed by atoms with van der Waals surface area (Å²) in [5, 5.41) is 0.766. The van der Waals surface area contributed by atoms with Crippen molar-refractivity contribution in [1.82, 2.24) is 0 Å². The molecule has 1 aliphatic rings. The summed E-state index contributed by atoms with van der Waals surface area (Å²) >= 11 is 3.42. The number of alkyl halides is 1. The minimum atomic E-state index is 0.0516. The molecule has 0 unspecified atom stereocenters. The van der Waals surface area contributed by atoms with E-state index in [9.17, 15) is 0 Å². The van der Waals surface area contributed by atoms with Crippen LogP contribution >= 0.6 is 15.9 Å². The zero-order valence-electron chi connectivity index (χ0n) is 9.19. The number of benzene rings is 1. The molecule has 3 heteroatoms. The van der Waals surface area contributed by atoms with Gasteiger partial charge in [-0.3, -0.25) is 0 Å². The Hall–Kier alpha value is -1.09. The van der Waals surface area contributed by atoms with Crippen LogP contribution in [0.3, 0.4) is 0 Å². The predicted molar refractivity (Wildman–Crippen MR) is 70.4 cm³/mol. The van der Waals surface area contributed by atoms with Gasteiger partial charge in [-0.15, -0.1) is 6.58 Å². The van der Waals surface area contributed by atoms with Gasteiger partial charge in [-0.05, 0) is 19.1 Å². The lowest BCUT2D eigenvalue weighted by atomic mass is 10.1. The normalized spacial score (nSPS) is 23.8. The van der Waals surface area contributed by atoms with E-state index in [1.165, 1.54) is 5.56 Å². The molecule has 84 valence electrons. The van der Waals surface area contributed by atoms with Crippen LogP contribution in [0.25, 0.3) is 0 Å². The van der Waals surface area contributed by atoms with Crippen LogP contribution < -0.4 is 0 Å². The fraction of sp³-hybridized carbons (Fsp3) is 0.308. The number of halogens is 1. The molecule has 0 aromatic heterocycles. The summed E-state index contributed by atoms with van der Waals surface area (Å²) in [5.41, 5.74) is 2.26. The summed E-state index contributed by atoms with van der Waals surface area (Å²) in [6.07, 6.45) is 1.89. The van der Waals surface area contributed by atoms with Gasteiger partial charge in [0.25, 0.3) is 0 Å². The van der Waals surface area contributed by atoms with Crippen LogP contribution in [0.2, 0.25) is 0 Å². The Morgan fingerprint density at radius 1 is 1.44 bits per heavy atom. The molecule has 0 amide bonds. The number of rotatable bonds is 3. The van der Waals surface area contributed by atoms with Gasteiger partial charge in [0.2, 0.25) is 5.90 Å². The third-order valence-electron chi connectivity index (χ3n) is 2.60. The number of ether oxygens (including phenoxy) is 1. The van der Waals surface area contributed by atoms with Crippen molar-refractivity contribution in [2.45, 2.75) is 19.1 Å². The molecule has 16 heavy (non-hydrogen) atoms. The van der Waals surface area contributed by atoms with Gasteiger partial charge in [0.15, 0.2) is 0 Å². The third kappa shape index (κ3) is 2.19. The Morgan fingerprint density at radius 3 is 2.62 bits per heavy atom. The van der Waals surface area contributed by atoms with E-state index in [1.54, 1.807) is 0 Å². The largest absolute Gasteiger partial charge is 0.471 e. The lowest BCUT2D eigenvalue weighted by Gasteiger charge is -2.11. The van der Waals surface area contributed by atoms with Gasteiger partial charge in [-0.1, -0.05) is 39.7 Å². The molecule has 1 aliphatic heterocycles. The molecule has 2 rings (SSSR count). The molecule has 2 nitrogen and oxygen atoms in total. The molecule has 2 atom stereocenters. The van der Waals surface area contributed by atoms with E-state index in [2.05, 4.69) is 46.6 Å². The Labute approximate surface area is 104 Å². The quantitative estimate of drug-likeness (QED) is 0.616. The van der Waals surface area contributed by atoms with Gasteiger partial charge in [-0.2, -0.15) is 0 Å². The van der Waals surface area contributed by atoms with Crippen LogP contribution in [0, 0.1) is 6.92 Å². The molecule has 0 spiro atoms. The molecule has 0 fully saturated rings. The van der Waals surface area contributed by atoms with Crippen molar-refractivity contribution in [2.24, 2.45) is 4.99 Å². The van der Waals surface area contributed by atoms with Gasteiger partial charge in [0.1, 0.15) is 12.1 Å². The van der Waals surface area contributed by atoms with Gasteiger partial charge < -0.3 is 4.74 Å². The minimum Gasteiger partial charge on any atom is -0.471 e. The topological polar surface area (TPSA) is 21.6 Å². The van der Waals surface area contributed by atoms with E-state index < -0.39 is 0 Å². The Kier molecular flexibility index (Phi) is 3.44. The van der Waals surface area contributed by atoms with E-state index in [4.69, 9.17) is 4.74 Å². The van der Waals surface area contributed by atoms with Crippen molar-refractivity contribution >= 4 is 21.8 Å². The van der Waals surface area contributed by atoms with Crippen molar-refractivity contribution in [1.29, 1.82) is 0 Å². The maximum atomic E-state index is 5.77. The van der Waals surface area contributed by atoms with E-state index in [0.717, 1.165) is 10.9 Å².